The molecule has 2 aromatic heterocycles. The van der Waals surface area contributed by atoms with Gasteiger partial charge in [0.2, 0.25) is 0 Å². The standard InChI is InChI=1S/C24H25N5O4S/c1-24(2)17-10-15(34(4,31)32)6-7-16(17)21(12-33-24)28(3)23(30)14-5-8-18-19(9-14)29-13-26-11-20(29)22(25)27-18/h5-11,13,21H,12H2,1-4H3,(H2,25,27)/t21-/m1/s1. The normalized spacial score (nSPS) is 17.6. The largest absolute Gasteiger partial charge is 0.382 e. The number of fused-ring (bicyclic) bond motifs is 4. The van der Waals surface area contributed by atoms with Gasteiger partial charge in [0.05, 0.1) is 46.7 Å². The van der Waals surface area contributed by atoms with Gasteiger partial charge >= 0.3 is 0 Å². The van der Waals surface area contributed by atoms with Crippen LogP contribution in [0.2, 0.25) is 0 Å². The van der Waals surface area contributed by atoms with Gasteiger partial charge in [-0.05, 0) is 55.3 Å². The first-order chi connectivity index (χ1) is 16.0. The predicted molar refractivity (Wildman–Crippen MR) is 128 cm³/mol. The molecule has 1 atom stereocenters. The van der Waals surface area contributed by atoms with Crippen LogP contribution in [-0.4, -0.2) is 53.5 Å². The summed E-state index contributed by atoms with van der Waals surface area (Å²) in [5.41, 5.74) is 9.49. The summed E-state index contributed by atoms with van der Waals surface area (Å²) in [5, 5.41) is 0. The van der Waals surface area contributed by atoms with Crippen molar-refractivity contribution < 1.29 is 17.9 Å². The van der Waals surface area contributed by atoms with Gasteiger partial charge in [-0.25, -0.2) is 18.4 Å². The monoisotopic (exact) mass is 479 g/mol. The van der Waals surface area contributed by atoms with E-state index in [1.54, 1.807) is 60.9 Å². The van der Waals surface area contributed by atoms with Crippen LogP contribution in [0.4, 0.5) is 5.82 Å². The third-order valence-corrected chi connectivity index (χ3v) is 7.58. The molecule has 0 spiro atoms. The summed E-state index contributed by atoms with van der Waals surface area (Å²) in [6.07, 6.45) is 4.45. The number of carbonyl (C=O) groups is 1. The van der Waals surface area contributed by atoms with E-state index < -0.39 is 15.4 Å². The van der Waals surface area contributed by atoms with Gasteiger partial charge in [-0.15, -0.1) is 0 Å². The molecule has 10 heteroatoms. The summed E-state index contributed by atoms with van der Waals surface area (Å²) in [4.78, 5) is 23.9. The lowest BCUT2D eigenvalue weighted by Gasteiger charge is -2.41. The molecule has 5 rings (SSSR count). The highest BCUT2D eigenvalue weighted by atomic mass is 32.2. The highest BCUT2D eigenvalue weighted by Gasteiger charge is 2.37. The fourth-order valence-corrected chi connectivity index (χ4v) is 5.15. The van der Waals surface area contributed by atoms with E-state index in [0.717, 1.165) is 16.6 Å². The molecule has 2 aromatic carbocycles. The molecular formula is C24H25N5O4S. The average Bonchev–Trinajstić information content (AvgIpc) is 3.28. The Hall–Kier alpha value is -3.50. The number of hydrogen-bond acceptors (Lipinski definition) is 7. The van der Waals surface area contributed by atoms with Gasteiger partial charge in [-0.2, -0.15) is 0 Å². The highest BCUT2D eigenvalue weighted by Crippen LogP contribution is 2.40. The van der Waals surface area contributed by atoms with E-state index in [4.69, 9.17) is 10.5 Å². The van der Waals surface area contributed by atoms with Crippen molar-refractivity contribution in [3.8, 4) is 0 Å². The number of hydrogen-bond donors (Lipinski definition) is 1. The van der Waals surface area contributed by atoms with E-state index in [-0.39, 0.29) is 23.5 Å². The lowest BCUT2D eigenvalue weighted by atomic mass is 9.86. The Morgan fingerprint density at radius 3 is 2.71 bits per heavy atom. The summed E-state index contributed by atoms with van der Waals surface area (Å²) >= 11 is 0. The molecule has 0 fully saturated rings. The number of imidazole rings is 1. The van der Waals surface area contributed by atoms with E-state index in [1.165, 1.54) is 6.26 Å². The molecule has 0 radical (unpaired) electrons. The molecule has 0 bridgehead atoms. The van der Waals surface area contributed by atoms with Crippen molar-refractivity contribution in [1.29, 1.82) is 0 Å². The number of nitrogens with two attached hydrogens (primary N) is 1. The summed E-state index contributed by atoms with van der Waals surface area (Å²) in [5.74, 6) is 0.173. The van der Waals surface area contributed by atoms with Gasteiger partial charge in [-0.1, -0.05) is 6.07 Å². The van der Waals surface area contributed by atoms with Gasteiger partial charge in [0.15, 0.2) is 9.84 Å². The minimum atomic E-state index is -3.38. The molecule has 0 aliphatic carbocycles. The zero-order valence-corrected chi connectivity index (χ0v) is 20.1. The number of amides is 1. The molecular weight excluding hydrogens is 454 g/mol. The molecule has 1 amide bonds. The number of ether oxygens (including phenoxy) is 1. The first-order valence-corrected chi connectivity index (χ1v) is 12.6. The van der Waals surface area contributed by atoms with Crippen LogP contribution >= 0.6 is 0 Å². The maximum atomic E-state index is 13.5. The molecule has 4 aromatic rings. The lowest BCUT2D eigenvalue weighted by molar-refractivity contribution is -0.0613. The van der Waals surface area contributed by atoms with Gasteiger partial charge < -0.3 is 15.4 Å². The molecule has 176 valence electrons. The molecule has 1 aliphatic rings. The zero-order chi connectivity index (χ0) is 24.4. The van der Waals surface area contributed by atoms with Crippen molar-refractivity contribution in [2.45, 2.75) is 30.4 Å². The first-order valence-electron chi connectivity index (χ1n) is 10.7. The Morgan fingerprint density at radius 2 is 1.97 bits per heavy atom. The number of carbonyl (C=O) groups excluding carboxylic acids is 1. The summed E-state index contributed by atoms with van der Waals surface area (Å²) in [6, 6.07) is 9.90. The van der Waals surface area contributed by atoms with Crippen LogP contribution in [-0.2, 0) is 20.2 Å². The molecule has 0 saturated heterocycles. The highest BCUT2D eigenvalue weighted by molar-refractivity contribution is 7.90. The number of rotatable bonds is 3. The maximum absolute atomic E-state index is 13.5. The third-order valence-electron chi connectivity index (χ3n) is 6.47. The summed E-state index contributed by atoms with van der Waals surface area (Å²) in [7, 11) is -1.66. The van der Waals surface area contributed by atoms with Crippen LogP contribution in [0.1, 0.15) is 41.4 Å². The minimum absolute atomic E-state index is 0.196. The number of sulfone groups is 1. The smallest absolute Gasteiger partial charge is 0.254 e. The van der Waals surface area contributed by atoms with Gasteiger partial charge in [0, 0.05) is 18.9 Å². The minimum Gasteiger partial charge on any atom is -0.382 e. The lowest BCUT2D eigenvalue weighted by Crippen LogP contribution is -2.41. The number of benzene rings is 2. The summed E-state index contributed by atoms with van der Waals surface area (Å²) < 4.78 is 32.1. The van der Waals surface area contributed by atoms with Crippen LogP contribution in [0.15, 0.2) is 53.8 Å². The predicted octanol–water partition coefficient (Wildman–Crippen LogP) is 2.95. The van der Waals surface area contributed by atoms with E-state index in [1.807, 2.05) is 18.2 Å². The van der Waals surface area contributed by atoms with Crippen LogP contribution in [0.5, 0.6) is 0 Å². The fraction of sp³-hybridized carbons (Fsp3) is 0.292. The van der Waals surface area contributed by atoms with Crippen LogP contribution in [0.25, 0.3) is 16.6 Å². The zero-order valence-electron chi connectivity index (χ0n) is 19.3. The van der Waals surface area contributed by atoms with Gasteiger partial charge in [0.1, 0.15) is 11.3 Å². The SMILES string of the molecule is CN(C(=O)c1ccc2nc(N)c3cncn3c2c1)[C@@H]1COC(C)(C)c2cc(S(C)(=O)=O)ccc21. The second kappa shape index (κ2) is 7.51. The first kappa shape index (κ1) is 22.3. The van der Waals surface area contributed by atoms with Crippen molar-refractivity contribution >= 4 is 38.1 Å². The topological polar surface area (TPSA) is 120 Å². The van der Waals surface area contributed by atoms with Crippen LogP contribution < -0.4 is 5.73 Å². The molecule has 3 heterocycles. The molecule has 2 N–H and O–H groups in total. The third kappa shape index (κ3) is 3.50. The van der Waals surface area contributed by atoms with Gasteiger partial charge in [0.25, 0.3) is 5.91 Å². The maximum Gasteiger partial charge on any atom is 0.254 e. The Bertz CT molecular complexity index is 1580. The van der Waals surface area contributed by atoms with Gasteiger partial charge in [-0.3, -0.25) is 9.20 Å². The Morgan fingerprint density at radius 1 is 1.21 bits per heavy atom. The number of aromatic nitrogens is 3. The number of anilines is 1. The van der Waals surface area contributed by atoms with E-state index in [0.29, 0.717) is 22.4 Å². The molecule has 0 saturated carbocycles. The number of nitrogens with zero attached hydrogens (tertiary/aromatic N) is 4. The van der Waals surface area contributed by atoms with E-state index in [9.17, 15) is 13.2 Å². The fourth-order valence-electron chi connectivity index (χ4n) is 4.51. The van der Waals surface area contributed by atoms with Crippen LogP contribution in [0, 0.1) is 0 Å². The number of likely N-dealkylation sites (N-methyl/N-ethyl adjacent to an activating group) is 1. The number of nitrogen functional groups attached to an aromatic ring is 1. The van der Waals surface area contributed by atoms with Crippen molar-refractivity contribution in [3.63, 3.8) is 0 Å². The Kier molecular flexibility index (Phi) is 4.92. The van der Waals surface area contributed by atoms with E-state index in [2.05, 4.69) is 9.97 Å². The van der Waals surface area contributed by atoms with Crippen molar-refractivity contribution in [2.24, 2.45) is 0 Å². The average molecular weight is 480 g/mol. The van der Waals surface area contributed by atoms with E-state index >= 15 is 0 Å². The second-order valence-electron chi connectivity index (χ2n) is 9.12. The summed E-state index contributed by atoms with van der Waals surface area (Å²) in [6.45, 7) is 4.08. The van der Waals surface area contributed by atoms with Crippen molar-refractivity contribution in [1.82, 2.24) is 19.3 Å². The van der Waals surface area contributed by atoms with Crippen molar-refractivity contribution in [2.75, 3.05) is 25.6 Å². The molecule has 1 aliphatic heterocycles. The molecule has 9 nitrogen and oxygen atoms in total. The van der Waals surface area contributed by atoms with Crippen LogP contribution in [0.3, 0.4) is 0 Å². The van der Waals surface area contributed by atoms with Crippen molar-refractivity contribution in [3.05, 3.63) is 65.6 Å². The Balaban J connectivity index is 1.55. The Labute approximate surface area is 197 Å². The molecule has 0 unspecified atom stereocenters. The quantitative estimate of drug-likeness (QED) is 0.480. The second-order valence-corrected chi connectivity index (χ2v) is 11.1. The molecule has 34 heavy (non-hydrogen) atoms.